The number of carbonyl (C=O) groups is 2. The van der Waals surface area contributed by atoms with E-state index in [0.717, 1.165) is 13.1 Å². The first kappa shape index (κ1) is 17.8. The van der Waals surface area contributed by atoms with Crippen LogP contribution in [-0.4, -0.2) is 19.7 Å². The number of amides is 1. The van der Waals surface area contributed by atoms with Gasteiger partial charge in [-0.05, 0) is 13.0 Å². The predicted molar refractivity (Wildman–Crippen MR) is 61.6 cm³/mol. The molecular formula is C12H10F5NO2. The first-order valence-electron chi connectivity index (χ1n) is 5.03. The monoisotopic (exact) mass is 295 g/mol. The van der Waals surface area contributed by atoms with Crippen molar-refractivity contribution in [3.05, 3.63) is 41.2 Å². The highest BCUT2D eigenvalue weighted by molar-refractivity contribution is 6.01. The largest absolute Gasteiger partial charge is 0.307 e. The molecule has 110 valence electrons. The second-order valence-corrected chi connectivity index (χ2v) is 3.32. The first-order chi connectivity index (χ1) is 9.32. The number of anilines is 1. The molecule has 0 aliphatic carbocycles. The molecule has 0 fully saturated rings. The lowest BCUT2D eigenvalue weighted by molar-refractivity contribution is -0.114. The summed E-state index contributed by atoms with van der Waals surface area (Å²) in [7, 11) is 0.903. The number of benzene rings is 1. The van der Waals surface area contributed by atoms with Gasteiger partial charge in [0.05, 0.1) is 0 Å². The molecule has 0 bridgehead atoms. The molecule has 0 atom stereocenters. The van der Waals surface area contributed by atoms with E-state index >= 15 is 0 Å². The van der Waals surface area contributed by atoms with E-state index in [2.05, 4.69) is 0 Å². The van der Waals surface area contributed by atoms with Gasteiger partial charge < -0.3 is 9.69 Å². The quantitative estimate of drug-likeness (QED) is 0.364. The van der Waals surface area contributed by atoms with Crippen molar-refractivity contribution >= 4 is 18.4 Å². The van der Waals surface area contributed by atoms with Crippen LogP contribution in [0.15, 0.2) is 12.2 Å². The van der Waals surface area contributed by atoms with E-state index < -0.39 is 40.7 Å². The minimum absolute atomic E-state index is 0.344. The highest BCUT2D eigenvalue weighted by Crippen LogP contribution is 2.29. The third-order valence-corrected chi connectivity index (χ3v) is 2.16. The summed E-state index contributed by atoms with van der Waals surface area (Å²) in [5.41, 5.74) is -1.28. The standard InChI is InChI=1S/C11H8F5NO.CH2O/c1-3-4-5(18)17(2)11-9(15)7(13)6(12)8(14)10(11)16;1-2/h3-4H,1-2H3;1H2/b4-3-;. The second-order valence-electron chi connectivity index (χ2n) is 3.32. The molecule has 0 aliphatic rings. The molecule has 0 radical (unpaired) electrons. The summed E-state index contributed by atoms with van der Waals surface area (Å²) in [6.45, 7) is 3.46. The number of rotatable bonds is 2. The van der Waals surface area contributed by atoms with Crippen molar-refractivity contribution in [2.45, 2.75) is 6.92 Å². The highest BCUT2D eigenvalue weighted by atomic mass is 19.2. The number of nitrogens with zero attached hydrogens (tertiary/aromatic N) is 1. The fraction of sp³-hybridized carbons (Fsp3) is 0.167. The second kappa shape index (κ2) is 7.37. The summed E-state index contributed by atoms with van der Waals surface area (Å²) in [6.07, 6.45) is 2.20. The Balaban J connectivity index is 0.00000172. The summed E-state index contributed by atoms with van der Waals surface area (Å²) >= 11 is 0. The van der Waals surface area contributed by atoms with Crippen LogP contribution in [0.2, 0.25) is 0 Å². The number of hydrogen-bond donors (Lipinski definition) is 0. The molecule has 1 amide bonds. The van der Waals surface area contributed by atoms with Crippen molar-refractivity contribution in [2.24, 2.45) is 0 Å². The van der Waals surface area contributed by atoms with Crippen molar-refractivity contribution < 1.29 is 31.5 Å². The minimum atomic E-state index is -2.26. The summed E-state index contributed by atoms with van der Waals surface area (Å²) in [6, 6.07) is 0. The SMILES string of the molecule is C/C=C\C(=O)N(C)c1c(F)c(F)c(F)c(F)c1F.C=O. The van der Waals surface area contributed by atoms with Crippen LogP contribution in [0, 0.1) is 29.1 Å². The van der Waals surface area contributed by atoms with Crippen LogP contribution < -0.4 is 4.90 Å². The molecule has 3 nitrogen and oxygen atoms in total. The Morgan fingerprint density at radius 3 is 1.65 bits per heavy atom. The minimum Gasteiger partial charge on any atom is -0.307 e. The van der Waals surface area contributed by atoms with Crippen LogP contribution in [0.5, 0.6) is 0 Å². The van der Waals surface area contributed by atoms with Crippen LogP contribution in [0.3, 0.4) is 0 Å². The lowest BCUT2D eigenvalue weighted by atomic mass is 10.2. The molecule has 0 saturated carbocycles. The van der Waals surface area contributed by atoms with Gasteiger partial charge in [-0.3, -0.25) is 4.79 Å². The smallest absolute Gasteiger partial charge is 0.250 e. The predicted octanol–water partition coefficient (Wildman–Crippen LogP) is 2.74. The number of likely N-dealkylation sites (N-methyl/N-ethyl adjacent to an activating group) is 1. The van der Waals surface area contributed by atoms with Crippen molar-refractivity contribution in [1.29, 1.82) is 0 Å². The maximum Gasteiger partial charge on any atom is 0.250 e. The molecule has 0 aliphatic heterocycles. The highest BCUT2D eigenvalue weighted by Gasteiger charge is 2.29. The van der Waals surface area contributed by atoms with Gasteiger partial charge in [0.15, 0.2) is 23.3 Å². The Morgan fingerprint density at radius 2 is 1.30 bits per heavy atom. The molecule has 1 aromatic rings. The third-order valence-electron chi connectivity index (χ3n) is 2.16. The number of carbonyl (C=O) groups excluding carboxylic acids is 2. The summed E-state index contributed by atoms with van der Waals surface area (Å²) < 4.78 is 65.2. The molecule has 0 unspecified atom stereocenters. The number of hydrogen-bond acceptors (Lipinski definition) is 2. The molecule has 1 rings (SSSR count). The van der Waals surface area contributed by atoms with E-state index in [1.165, 1.54) is 13.0 Å². The summed E-state index contributed by atoms with van der Waals surface area (Å²) in [4.78, 5) is 19.7. The maximum absolute atomic E-state index is 13.3. The molecule has 0 spiro atoms. The summed E-state index contributed by atoms with van der Waals surface area (Å²) in [5.74, 6) is -11.5. The zero-order valence-electron chi connectivity index (χ0n) is 10.5. The number of halogens is 5. The molecule has 0 heterocycles. The fourth-order valence-electron chi connectivity index (χ4n) is 1.25. The normalized spacial score (nSPS) is 10.2. The topological polar surface area (TPSA) is 37.4 Å². The Hall–Kier alpha value is -2.25. The van der Waals surface area contributed by atoms with Gasteiger partial charge in [0.25, 0.3) is 5.91 Å². The average molecular weight is 295 g/mol. The van der Waals surface area contributed by atoms with E-state index in [0.29, 0.717) is 4.90 Å². The molecule has 8 heteroatoms. The van der Waals surface area contributed by atoms with E-state index in [4.69, 9.17) is 4.79 Å². The van der Waals surface area contributed by atoms with Gasteiger partial charge in [-0.2, -0.15) is 0 Å². The van der Waals surface area contributed by atoms with Crippen LogP contribution in [0.1, 0.15) is 6.92 Å². The van der Waals surface area contributed by atoms with Gasteiger partial charge in [-0.25, -0.2) is 22.0 Å². The van der Waals surface area contributed by atoms with E-state index in [-0.39, 0.29) is 0 Å². The Bertz CT molecular complexity index is 516. The molecule has 1 aromatic carbocycles. The maximum atomic E-state index is 13.3. The van der Waals surface area contributed by atoms with Crippen LogP contribution in [-0.2, 0) is 9.59 Å². The summed E-state index contributed by atoms with van der Waals surface area (Å²) in [5, 5.41) is 0. The molecular weight excluding hydrogens is 285 g/mol. The fourth-order valence-corrected chi connectivity index (χ4v) is 1.25. The Labute approximate surface area is 111 Å². The van der Waals surface area contributed by atoms with Crippen LogP contribution in [0.25, 0.3) is 0 Å². The zero-order valence-corrected chi connectivity index (χ0v) is 10.5. The molecule has 0 aromatic heterocycles. The lowest BCUT2D eigenvalue weighted by Gasteiger charge is -2.17. The molecule has 0 saturated heterocycles. The van der Waals surface area contributed by atoms with Gasteiger partial charge >= 0.3 is 0 Å². The molecule has 0 N–H and O–H groups in total. The van der Waals surface area contributed by atoms with Gasteiger partial charge in [-0.1, -0.05) is 6.08 Å². The van der Waals surface area contributed by atoms with Gasteiger partial charge in [0.2, 0.25) is 5.82 Å². The lowest BCUT2D eigenvalue weighted by Crippen LogP contribution is -2.27. The van der Waals surface area contributed by atoms with Crippen LogP contribution in [0.4, 0.5) is 27.6 Å². The first-order valence-corrected chi connectivity index (χ1v) is 5.03. The van der Waals surface area contributed by atoms with Gasteiger partial charge in [0, 0.05) is 7.05 Å². The van der Waals surface area contributed by atoms with Crippen LogP contribution >= 0.6 is 0 Å². The Morgan fingerprint density at radius 1 is 0.950 bits per heavy atom. The van der Waals surface area contributed by atoms with Crippen molar-refractivity contribution in [3.63, 3.8) is 0 Å². The third kappa shape index (κ3) is 3.19. The number of allylic oxidation sites excluding steroid dienone is 1. The van der Waals surface area contributed by atoms with E-state index in [1.807, 2.05) is 6.79 Å². The van der Waals surface area contributed by atoms with E-state index in [9.17, 15) is 26.7 Å². The van der Waals surface area contributed by atoms with Crippen molar-refractivity contribution in [2.75, 3.05) is 11.9 Å². The van der Waals surface area contributed by atoms with E-state index in [1.54, 1.807) is 0 Å². The van der Waals surface area contributed by atoms with Crippen molar-refractivity contribution in [3.8, 4) is 0 Å². The Kier molecular flexibility index (Phi) is 6.54. The molecule has 20 heavy (non-hydrogen) atoms. The van der Waals surface area contributed by atoms with Gasteiger partial charge in [0.1, 0.15) is 12.5 Å². The average Bonchev–Trinajstić information content (AvgIpc) is 2.45. The van der Waals surface area contributed by atoms with Gasteiger partial charge in [-0.15, -0.1) is 0 Å². The van der Waals surface area contributed by atoms with Crippen molar-refractivity contribution in [1.82, 2.24) is 0 Å². The zero-order chi connectivity index (χ0) is 16.0.